The van der Waals surface area contributed by atoms with Crippen LogP contribution in [-0.2, 0) is 0 Å². The van der Waals surface area contributed by atoms with E-state index in [1.165, 1.54) is 98.0 Å². The molecule has 0 saturated heterocycles. The van der Waals surface area contributed by atoms with Crippen molar-refractivity contribution in [3.05, 3.63) is 224 Å². The fourth-order valence-corrected chi connectivity index (χ4v) is 9.64. The number of fused-ring (bicyclic) bond motifs is 4. The summed E-state index contributed by atoms with van der Waals surface area (Å²) in [7, 11) is 0. The first-order valence-electron chi connectivity index (χ1n) is 19.8. The van der Waals surface area contributed by atoms with E-state index in [1.54, 1.807) is 0 Å². The highest BCUT2D eigenvalue weighted by Gasteiger charge is 2.22. The third kappa shape index (κ3) is 6.03. The van der Waals surface area contributed by atoms with Crippen molar-refractivity contribution in [2.24, 2.45) is 0 Å². The molecule has 9 aromatic carbocycles. The van der Waals surface area contributed by atoms with Crippen LogP contribution < -0.4 is 0 Å². The van der Waals surface area contributed by atoms with Crippen molar-refractivity contribution in [3.63, 3.8) is 0 Å². The van der Waals surface area contributed by atoms with Gasteiger partial charge >= 0.3 is 0 Å². The van der Waals surface area contributed by atoms with Crippen molar-refractivity contribution >= 4 is 42.4 Å². The lowest BCUT2D eigenvalue weighted by atomic mass is 9.94. The summed E-state index contributed by atoms with van der Waals surface area (Å²) in [6.07, 6.45) is 0. The molecule has 0 bridgehead atoms. The van der Waals surface area contributed by atoms with Crippen LogP contribution in [0.4, 0.5) is 0 Å². The molecule has 58 heavy (non-hydrogen) atoms. The number of thiophene rings is 1. The second-order valence-corrected chi connectivity index (χ2v) is 16.0. The molecule has 0 N–H and O–H groups in total. The Morgan fingerprint density at radius 1 is 0.276 bits per heavy atom. The van der Waals surface area contributed by atoms with E-state index in [0.717, 1.165) is 5.69 Å². The zero-order chi connectivity index (χ0) is 38.4. The van der Waals surface area contributed by atoms with Gasteiger partial charge in [0.1, 0.15) is 0 Å². The Kier molecular flexibility index (Phi) is 8.42. The van der Waals surface area contributed by atoms with E-state index in [9.17, 15) is 0 Å². The van der Waals surface area contributed by atoms with Crippen LogP contribution in [0.25, 0.3) is 104 Å². The Morgan fingerprint density at radius 2 is 0.690 bits per heavy atom. The molecule has 0 fully saturated rings. The van der Waals surface area contributed by atoms with Crippen molar-refractivity contribution in [3.8, 4) is 72.6 Å². The van der Waals surface area contributed by atoms with Crippen molar-refractivity contribution in [2.45, 2.75) is 0 Å². The van der Waals surface area contributed by atoms with Gasteiger partial charge in [-0.1, -0.05) is 182 Å². The largest absolute Gasteiger partial charge is 0.309 e. The van der Waals surface area contributed by atoms with E-state index in [0.29, 0.717) is 0 Å². The molecule has 0 unspecified atom stereocenters. The van der Waals surface area contributed by atoms with E-state index in [-0.39, 0.29) is 0 Å². The van der Waals surface area contributed by atoms with Crippen LogP contribution in [0.2, 0.25) is 0 Å². The van der Waals surface area contributed by atoms with Gasteiger partial charge in [0.25, 0.3) is 0 Å². The quantitative estimate of drug-likeness (QED) is 0.153. The normalized spacial score (nSPS) is 11.4. The zero-order valence-electron chi connectivity index (χ0n) is 31.7. The number of hydrogen-bond acceptors (Lipinski definition) is 1. The molecule has 1 nitrogen and oxygen atoms in total. The summed E-state index contributed by atoms with van der Waals surface area (Å²) in [5, 5.41) is 3.86. The molecule has 0 aliphatic carbocycles. The van der Waals surface area contributed by atoms with Gasteiger partial charge in [0.15, 0.2) is 0 Å². The number of hydrogen-bond donors (Lipinski definition) is 0. The molecule has 2 heterocycles. The molecule has 2 aromatic heterocycles. The molecule has 272 valence electrons. The van der Waals surface area contributed by atoms with E-state index >= 15 is 0 Å². The monoisotopic (exact) mass is 755 g/mol. The fourth-order valence-electron chi connectivity index (χ4n) is 8.55. The van der Waals surface area contributed by atoms with Crippen LogP contribution in [0.15, 0.2) is 224 Å². The molecular weight excluding hydrogens is 719 g/mol. The Morgan fingerprint density at radius 3 is 1.29 bits per heavy atom. The van der Waals surface area contributed by atoms with Gasteiger partial charge in [-0.2, -0.15) is 0 Å². The van der Waals surface area contributed by atoms with Crippen LogP contribution in [0.5, 0.6) is 0 Å². The summed E-state index contributed by atoms with van der Waals surface area (Å²) in [5.74, 6) is 0. The van der Waals surface area contributed by atoms with Gasteiger partial charge < -0.3 is 4.57 Å². The Bertz CT molecular complexity index is 3210. The molecule has 0 aliphatic rings. The van der Waals surface area contributed by atoms with Crippen LogP contribution in [0.3, 0.4) is 0 Å². The predicted molar refractivity (Wildman–Crippen MR) is 249 cm³/mol. The minimum absolute atomic E-state index is 1.13. The summed E-state index contributed by atoms with van der Waals surface area (Å²) in [6.45, 7) is 0. The number of benzene rings is 9. The standard InChI is InChI=1S/C56H37NS/c1-4-12-38(13-5-1)40-20-22-42(23-21-40)46-30-34-52-51(37-46)55(44-26-24-41(25-27-44)39-14-6-2-7-15-39)56(45-16-8-3-9-17-45)57(52)48-32-28-43(29-33-48)47-31-35-54-50(36-47)49-18-10-11-19-53(49)58-54/h1-37H. The summed E-state index contributed by atoms with van der Waals surface area (Å²) in [5.41, 5.74) is 16.7. The lowest BCUT2D eigenvalue weighted by Crippen LogP contribution is -1.97. The Labute approximate surface area is 342 Å². The fraction of sp³-hybridized carbons (Fsp3) is 0. The van der Waals surface area contributed by atoms with E-state index in [2.05, 4.69) is 229 Å². The molecule has 2 heteroatoms. The highest BCUT2D eigenvalue weighted by Crippen LogP contribution is 2.45. The van der Waals surface area contributed by atoms with Crippen LogP contribution in [0.1, 0.15) is 0 Å². The summed E-state index contributed by atoms with van der Waals surface area (Å²) < 4.78 is 5.12. The lowest BCUT2D eigenvalue weighted by Gasteiger charge is -2.14. The van der Waals surface area contributed by atoms with Gasteiger partial charge in [0.05, 0.1) is 11.2 Å². The molecule has 11 aromatic rings. The first-order chi connectivity index (χ1) is 28.7. The molecule has 0 spiro atoms. The summed E-state index contributed by atoms with van der Waals surface area (Å²) in [4.78, 5) is 0. The molecule has 11 rings (SSSR count). The molecule has 0 saturated carbocycles. The first kappa shape index (κ1) is 34.0. The molecule has 0 amide bonds. The van der Waals surface area contributed by atoms with Crippen LogP contribution in [0, 0.1) is 0 Å². The van der Waals surface area contributed by atoms with Crippen molar-refractivity contribution in [2.75, 3.05) is 0 Å². The first-order valence-corrected chi connectivity index (χ1v) is 20.6. The average Bonchev–Trinajstić information content (AvgIpc) is 3.85. The SMILES string of the molecule is c1ccc(-c2ccc(-c3ccc4c(c3)c(-c3ccc(-c5ccccc5)cc3)c(-c3ccccc3)n4-c3ccc(-c4ccc5sc6ccccc6c5c4)cc3)cc2)cc1. The van der Waals surface area contributed by atoms with Gasteiger partial charge in [-0.15, -0.1) is 11.3 Å². The lowest BCUT2D eigenvalue weighted by molar-refractivity contribution is 1.14. The van der Waals surface area contributed by atoms with Crippen molar-refractivity contribution in [1.82, 2.24) is 4.57 Å². The molecular formula is C56H37NS. The maximum absolute atomic E-state index is 2.47. The third-order valence-electron chi connectivity index (χ3n) is 11.5. The minimum Gasteiger partial charge on any atom is -0.309 e. The molecule has 0 aliphatic heterocycles. The Balaban J connectivity index is 1.09. The van der Waals surface area contributed by atoms with Crippen LogP contribution >= 0.6 is 11.3 Å². The highest BCUT2D eigenvalue weighted by molar-refractivity contribution is 7.25. The van der Waals surface area contributed by atoms with Gasteiger partial charge in [0.2, 0.25) is 0 Å². The van der Waals surface area contributed by atoms with Gasteiger partial charge in [-0.3, -0.25) is 0 Å². The summed E-state index contributed by atoms with van der Waals surface area (Å²) >= 11 is 1.86. The van der Waals surface area contributed by atoms with Gasteiger partial charge in [-0.25, -0.2) is 0 Å². The zero-order valence-corrected chi connectivity index (χ0v) is 32.5. The van der Waals surface area contributed by atoms with E-state index in [4.69, 9.17) is 0 Å². The molecule has 0 atom stereocenters. The van der Waals surface area contributed by atoms with Gasteiger partial charge in [-0.05, 0) is 98.1 Å². The predicted octanol–water partition coefficient (Wildman–Crippen LogP) is 16.0. The van der Waals surface area contributed by atoms with Crippen molar-refractivity contribution < 1.29 is 0 Å². The highest BCUT2D eigenvalue weighted by atomic mass is 32.1. The second-order valence-electron chi connectivity index (χ2n) is 14.9. The Hall–Kier alpha value is -7.26. The minimum atomic E-state index is 1.13. The van der Waals surface area contributed by atoms with Gasteiger partial charge in [0, 0.05) is 36.8 Å². The second kappa shape index (κ2) is 14.4. The van der Waals surface area contributed by atoms with Crippen molar-refractivity contribution in [1.29, 1.82) is 0 Å². The average molecular weight is 756 g/mol. The number of aromatic nitrogens is 1. The maximum Gasteiger partial charge on any atom is 0.0619 e. The summed E-state index contributed by atoms with van der Waals surface area (Å²) in [6, 6.07) is 81.9. The maximum atomic E-state index is 2.47. The van der Waals surface area contributed by atoms with E-state index < -0.39 is 0 Å². The number of rotatable bonds is 7. The third-order valence-corrected chi connectivity index (χ3v) is 12.6. The topological polar surface area (TPSA) is 4.93 Å². The number of nitrogens with zero attached hydrogens (tertiary/aromatic N) is 1. The van der Waals surface area contributed by atoms with Crippen LogP contribution in [-0.4, -0.2) is 4.57 Å². The molecule has 0 radical (unpaired) electrons. The smallest absolute Gasteiger partial charge is 0.0619 e. The van der Waals surface area contributed by atoms with E-state index in [1.807, 2.05) is 11.3 Å².